The van der Waals surface area contributed by atoms with Crippen LogP contribution < -0.4 is 5.11 Å². The van der Waals surface area contributed by atoms with Crippen LogP contribution in [0.1, 0.15) is 117 Å². The minimum absolute atomic E-state index is 0.0287. The van der Waals surface area contributed by atoms with E-state index in [1.807, 2.05) is 0 Å². The molecule has 0 amide bonds. The molecule has 0 aliphatic rings. The molecule has 8 nitrogen and oxygen atoms in total. The SMILES string of the molecule is CCCCC/C=C\C/C=C\C/C=C\CCCCCCCCC(=O)OC(COCCC(C(=O)[O-])[N+](C)(C)C)COC(=O)CC. The molecular weight excluding hydrogens is 546 g/mol. The first-order chi connectivity index (χ1) is 20.6. The molecule has 0 N–H and O–H groups in total. The zero-order valence-electron chi connectivity index (χ0n) is 27.9. The Bertz CT molecular complexity index is 813. The second-order valence-corrected chi connectivity index (χ2v) is 12.0. The number of unbranched alkanes of at least 4 members (excludes halogenated alkanes) is 9. The molecule has 0 aromatic rings. The molecule has 0 saturated carbocycles. The molecule has 0 bridgehead atoms. The minimum atomic E-state index is -1.14. The van der Waals surface area contributed by atoms with Gasteiger partial charge in [0.2, 0.25) is 0 Å². The van der Waals surface area contributed by atoms with E-state index in [-0.39, 0.29) is 49.1 Å². The largest absolute Gasteiger partial charge is 0.544 e. The van der Waals surface area contributed by atoms with Crippen LogP contribution in [0.15, 0.2) is 36.5 Å². The molecule has 0 saturated heterocycles. The van der Waals surface area contributed by atoms with Crippen LogP contribution in [0.5, 0.6) is 0 Å². The van der Waals surface area contributed by atoms with Gasteiger partial charge in [-0.2, -0.15) is 0 Å². The van der Waals surface area contributed by atoms with Crippen LogP contribution >= 0.6 is 0 Å². The summed E-state index contributed by atoms with van der Waals surface area (Å²) in [6.07, 6.45) is 28.1. The van der Waals surface area contributed by atoms with Crippen molar-refractivity contribution in [2.45, 2.75) is 129 Å². The van der Waals surface area contributed by atoms with Crippen LogP contribution in [0.3, 0.4) is 0 Å². The highest BCUT2D eigenvalue weighted by atomic mass is 16.6. The lowest BCUT2D eigenvalue weighted by Gasteiger charge is -2.34. The van der Waals surface area contributed by atoms with Gasteiger partial charge in [0.05, 0.1) is 40.3 Å². The lowest BCUT2D eigenvalue weighted by molar-refractivity contribution is -0.889. The summed E-state index contributed by atoms with van der Waals surface area (Å²) in [6.45, 7) is 4.03. The fraction of sp³-hybridized carbons (Fsp3) is 0.743. The fourth-order valence-electron chi connectivity index (χ4n) is 4.41. The maximum atomic E-state index is 12.4. The number of hydrogen-bond donors (Lipinski definition) is 0. The number of quaternary nitrogens is 1. The van der Waals surface area contributed by atoms with Crippen molar-refractivity contribution in [2.24, 2.45) is 0 Å². The Labute approximate surface area is 262 Å². The summed E-state index contributed by atoms with van der Waals surface area (Å²) >= 11 is 0. The van der Waals surface area contributed by atoms with Crippen molar-refractivity contribution < 1.29 is 38.2 Å². The first-order valence-corrected chi connectivity index (χ1v) is 16.5. The lowest BCUT2D eigenvalue weighted by Crippen LogP contribution is -2.55. The number of carboxylic acid groups (broad SMARTS) is 1. The van der Waals surface area contributed by atoms with E-state index in [0.717, 1.165) is 44.9 Å². The quantitative estimate of drug-likeness (QED) is 0.0450. The Kier molecular flexibility index (Phi) is 25.6. The smallest absolute Gasteiger partial charge is 0.306 e. The maximum absolute atomic E-state index is 12.4. The fourth-order valence-corrected chi connectivity index (χ4v) is 4.41. The van der Waals surface area contributed by atoms with Gasteiger partial charge in [0.15, 0.2) is 6.10 Å². The number of hydrogen-bond acceptors (Lipinski definition) is 7. The molecule has 0 aromatic heterocycles. The number of aliphatic carboxylic acids is 1. The molecule has 248 valence electrons. The van der Waals surface area contributed by atoms with Gasteiger partial charge in [-0.25, -0.2) is 0 Å². The van der Waals surface area contributed by atoms with Crippen molar-refractivity contribution >= 4 is 17.9 Å². The predicted octanol–water partition coefficient (Wildman–Crippen LogP) is 6.23. The van der Waals surface area contributed by atoms with Crippen molar-refractivity contribution in [1.82, 2.24) is 0 Å². The van der Waals surface area contributed by atoms with E-state index in [2.05, 4.69) is 43.4 Å². The lowest BCUT2D eigenvalue weighted by atomic mass is 10.1. The maximum Gasteiger partial charge on any atom is 0.306 e. The Morgan fingerprint density at radius 3 is 1.84 bits per heavy atom. The first kappa shape index (κ1) is 40.5. The molecule has 0 aromatic carbocycles. The van der Waals surface area contributed by atoms with Crippen molar-refractivity contribution in [2.75, 3.05) is 41.0 Å². The summed E-state index contributed by atoms with van der Waals surface area (Å²) in [5.74, 6) is -1.86. The average molecular weight is 608 g/mol. The van der Waals surface area contributed by atoms with Crippen molar-refractivity contribution in [3.05, 3.63) is 36.5 Å². The van der Waals surface area contributed by atoms with Gasteiger partial charge in [-0.3, -0.25) is 9.59 Å². The monoisotopic (exact) mass is 607 g/mol. The second-order valence-electron chi connectivity index (χ2n) is 12.0. The molecule has 0 aliphatic carbocycles. The molecular formula is C35H61NO7. The molecule has 2 unspecified atom stereocenters. The molecule has 0 aliphatic heterocycles. The van der Waals surface area contributed by atoms with E-state index in [4.69, 9.17) is 14.2 Å². The Balaban J connectivity index is 4.06. The number of ether oxygens (including phenoxy) is 3. The number of esters is 2. The molecule has 8 heteroatoms. The topological polar surface area (TPSA) is 102 Å². The minimum Gasteiger partial charge on any atom is -0.544 e. The zero-order valence-corrected chi connectivity index (χ0v) is 27.9. The van der Waals surface area contributed by atoms with Gasteiger partial charge in [0.1, 0.15) is 12.6 Å². The van der Waals surface area contributed by atoms with Crippen molar-refractivity contribution in [3.63, 3.8) is 0 Å². The van der Waals surface area contributed by atoms with Gasteiger partial charge in [-0.1, -0.05) is 88.8 Å². The number of nitrogens with zero attached hydrogens (tertiary/aromatic N) is 1. The van der Waals surface area contributed by atoms with Crippen molar-refractivity contribution in [1.29, 1.82) is 0 Å². The second kappa shape index (κ2) is 27.1. The summed E-state index contributed by atoms with van der Waals surface area (Å²) in [5.41, 5.74) is 0. The highest BCUT2D eigenvalue weighted by molar-refractivity contribution is 5.70. The molecule has 2 atom stereocenters. The van der Waals surface area contributed by atoms with Crippen LogP contribution in [0.2, 0.25) is 0 Å². The number of rotatable bonds is 28. The van der Waals surface area contributed by atoms with E-state index in [1.165, 1.54) is 38.5 Å². The molecule has 0 spiro atoms. The molecule has 43 heavy (non-hydrogen) atoms. The molecule has 0 radical (unpaired) electrons. The van der Waals surface area contributed by atoms with Crippen LogP contribution in [0.4, 0.5) is 0 Å². The standard InChI is InChI=1S/C35H61NO7/c1-6-8-9-10-11-12-13-14-15-16-17-18-19-20-21-22-23-24-25-26-34(38)43-31(30-42-33(37)7-2)29-41-28-27-32(35(39)40)36(3,4)5/h11-12,14-15,17-18,31-32H,6-10,13,16,19-30H2,1-5H3/b12-11-,15-14-,18-17-. The van der Waals surface area contributed by atoms with E-state index >= 15 is 0 Å². The van der Waals surface area contributed by atoms with Gasteiger partial charge in [0, 0.05) is 19.3 Å². The van der Waals surface area contributed by atoms with E-state index in [1.54, 1.807) is 28.1 Å². The van der Waals surface area contributed by atoms with Crippen LogP contribution in [-0.4, -0.2) is 75.5 Å². The van der Waals surface area contributed by atoms with Crippen LogP contribution in [0.25, 0.3) is 0 Å². The number of allylic oxidation sites excluding steroid dienone is 6. The number of carbonyl (C=O) groups excluding carboxylic acids is 3. The van der Waals surface area contributed by atoms with Gasteiger partial charge in [0.25, 0.3) is 0 Å². The van der Waals surface area contributed by atoms with Gasteiger partial charge < -0.3 is 28.6 Å². The predicted molar refractivity (Wildman–Crippen MR) is 171 cm³/mol. The first-order valence-electron chi connectivity index (χ1n) is 16.5. The van der Waals surface area contributed by atoms with E-state index in [9.17, 15) is 19.5 Å². The Morgan fingerprint density at radius 1 is 0.721 bits per heavy atom. The third-order valence-corrected chi connectivity index (χ3v) is 7.08. The van der Waals surface area contributed by atoms with Gasteiger partial charge in [-0.15, -0.1) is 0 Å². The van der Waals surface area contributed by atoms with E-state index in [0.29, 0.717) is 6.42 Å². The Hall–Kier alpha value is -2.45. The normalized spacial score (nSPS) is 13.6. The van der Waals surface area contributed by atoms with E-state index < -0.39 is 18.1 Å². The highest BCUT2D eigenvalue weighted by Gasteiger charge is 2.25. The Morgan fingerprint density at radius 2 is 1.28 bits per heavy atom. The number of carboxylic acids is 1. The zero-order chi connectivity index (χ0) is 32.2. The summed E-state index contributed by atoms with van der Waals surface area (Å²) in [6, 6.07) is -0.722. The van der Waals surface area contributed by atoms with Gasteiger partial charge in [-0.05, 0) is 44.9 Å². The van der Waals surface area contributed by atoms with Gasteiger partial charge >= 0.3 is 11.9 Å². The third-order valence-electron chi connectivity index (χ3n) is 7.08. The number of likely N-dealkylation sites (N-methyl/N-ethyl adjacent to an activating group) is 1. The highest BCUT2D eigenvalue weighted by Crippen LogP contribution is 2.11. The molecule has 0 fully saturated rings. The van der Waals surface area contributed by atoms with Crippen LogP contribution in [0, 0.1) is 0 Å². The third kappa shape index (κ3) is 25.7. The number of carbonyl (C=O) groups is 3. The summed E-state index contributed by atoms with van der Waals surface area (Å²) in [5, 5.41) is 11.4. The summed E-state index contributed by atoms with van der Waals surface area (Å²) in [4.78, 5) is 35.4. The summed E-state index contributed by atoms with van der Waals surface area (Å²) in [7, 11) is 5.34. The van der Waals surface area contributed by atoms with Crippen molar-refractivity contribution in [3.8, 4) is 0 Å². The average Bonchev–Trinajstić information content (AvgIpc) is 2.95. The molecule has 0 rings (SSSR count). The summed E-state index contributed by atoms with van der Waals surface area (Å²) < 4.78 is 16.5. The molecule has 0 heterocycles. The van der Waals surface area contributed by atoms with Crippen LogP contribution in [-0.2, 0) is 28.6 Å².